The second kappa shape index (κ2) is 4.24. The highest BCUT2D eigenvalue weighted by atomic mass is 16.1. The summed E-state index contributed by atoms with van der Waals surface area (Å²) in [5.74, 6) is 4.12. The number of hydrogen-bond acceptors (Lipinski definition) is 2. The summed E-state index contributed by atoms with van der Waals surface area (Å²) < 4.78 is 0. The molecule has 2 N–H and O–H groups in total. The fourth-order valence-electron chi connectivity index (χ4n) is 0.922. The summed E-state index contributed by atoms with van der Waals surface area (Å²) in [5.41, 5.74) is 6.13. The van der Waals surface area contributed by atoms with Crippen LogP contribution in [0.15, 0.2) is 24.3 Å². The van der Waals surface area contributed by atoms with Crippen LogP contribution in [-0.4, -0.2) is 11.7 Å². The lowest BCUT2D eigenvalue weighted by Crippen LogP contribution is -2.06. The highest BCUT2D eigenvalue weighted by molar-refractivity contribution is 5.94. The standard InChI is InChI=1S/C11H9NO2/c1-8(13)10-5-2-9(3-6-10)4-7-11(12)14/h2-3,5-6H,1H3,(H2,12,14). The van der Waals surface area contributed by atoms with Crippen LogP contribution in [0.4, 0.5) is 0 Å². The van der Waals surface area contributed by atoms with Gasteiger partial charge in [0.1, 0.15) is 0 Å². The molecule has 0 aromatic heterocycles. The van der Waals surface area contributed by atoms with Crippen LogP contribution >= 0.6 is 0 Å². The van der Waals surface area contributed by atoms with Crippen molar-refractivity contribution in [2.45, 2.75) is 6.92 Å². The number of ketones is 1. The zero-order valence-electron chi connectivity index (χ0n) is 7.70. The molecule has 0 saturated carbocycles. The topological polar surface area (TPSA) is 60.2 Å². The van der Waals surface area contributed by atoms with Gasteiger partial charge < -0.3 is 5.73 Å². The highest BCUT2D eigenvalue weighted by Gasteiger charge is 1.96. The van der Waals surface area contributed by atoms with Gasteiger partial charge in [0.25, 0.3) is 5.91 Å². The summed E-state index contributed by atoms with van der Waals surface area (Å²) >= 11 is 0. The monoisotopic (exact) mass is 187 g/mol. The van der Waals surface area contributed by atoms with E-state index in [2.05, 4.69) is 11.8 Å². The molecule has 0 heterocycles. The Bertz CT molecular complexity index is 421. The quantitative estimate of drug-likeness (QED) is 0.520. The zero-order valence-corrected chi connectivity index (χ0v) is 7.70. The molecule has 0 bridgehead atoms. The van der Waals surface area contributed by atoms with E-state index in [9.17, 15) is 9.59 Å². The molecule has 70 valence electrons. The number of carbonyl (C=O) groups excluding carboxylic acids is 2. The Morgan fingerprint density at radius 2 is 1.79 bits per heavy atom. The highest BCUT2D eigenvalue weighted by Crippen LogP contribution is 2.03. The molecule has 1 rings (SSSR count). The van der Waals surface area contributed by atoms with Crippen molar-refractivity contribution in [1.29, 1.82) is 0 Å². The fourth-order valence-corrected chi connectivity index (χ4v) is 0.922. The molecule has 0 spiro atoms. The number of hydrogen-bond donors (Lipinski definition) is 1. The number of amides is 1. The van der Waals surface area contributed by atoms with Gasteiger partial charge in [0.05, 0.1) is 0 Å². The van der Waals surface area contributed by atoms with E-state index in [1.807, 2.05) is 0 Å². The largest absolute Gasteiger partial charge is 0.359 e. The number of rotatable bonds is 1. The van der Waals surface area contributed by atoms with Crippen molar-refractivity contribution in [3.8, 4) is 11.8 Å². The van der Waals surface area contributed by atoms with E-state index in [1.54, 1.807) is 24.3 Å². The summed E-state index contributed by atoms with van der Waals surface area (Å²) in [6, 6.07) is 6.67. The van der Waals surface area contributed by atoms with Crippen LogP contribution in [0.2, 0.25) is 0 Å². The van der Waals surface area contributed by atoms with Crippen molar-refractivity contribution in [3.63, 3.8) is 0 Å². The molecule has 0 fully saturated rings. The maximum Gasteiger partial charge on any atom is 0.293 e. The molecule has 14 heavy (non-hydrogen) atoms. The van der Waals surface area contributed by atoms with Crippen LogP contribution in [0.1, 0.15) is 22.8 Å². The Kier molecular flexibility index (Phi) is 3.03. The third kappa shape index (κ3) is 2.76. The molecule has 3 nitrogen and oxygen atoms in total. The molecule has 0 unspecified atom stereocenters. The average Bonchev–Trinajstić information content (AvgIpc) is 2.15. The number of carbonyl (C=O) groups is 2. The molecule has 0 radical (unpaired) electrons. The Labute approximate surface area is 81.9 Å². The maximum absolute atomic E-state index is 10.9. The third-order valence-corrected chi connectivity index (χ3v) is 1.62. The Morgan fingerprint density at radius 3 is 2.21 bits per heavy atom. The van der Waals surface area contributed by atoms with Gasteiger partial charge in [0.2, 0.25) is 0 Å². The van der Waals surface area contributed by atoms with Gasteiger partial charge in [0.15, 0.2) is 5.78 Å². The van der Waals surface area contributed by atoms with Crippen molar-refractivity contribution in [1.82, 2.24) is 0 Å². The molecule has 0 aliphatic rings. The van der Waals surface area contributed by atoms with Crippen LogP contribution in [0.3, 0.4) is 0 Å². The van der Waals surface area contributed by atoms with E-state index in [4.69, 9.17) is 5.73 Å². The van der Waals surface area contributed by atoms with Gasteiger partial charge in [-0.1, -0.05) is 18.1 Å². The summed E-state index contributed by atoms with van der Waals surface area (Å²) in [5, 5.41) is 0. The predicted octanol–water partition coefficient (Wildman–Crippen LogP) is 0.726. The minimum Gasteiger partial charge on any atom is -0.359 e. The van der Waals surface area contributed by atoms with Gasteiger partial charge in [-0.05, 0) is 25.0 Å². The van der Waals surface area contributed by atoms with Gasteiger partial charge in [-0.2, -0.15) is 0 Å². The average molecular weight is 187 g/mol. The molecular formula is C11H9NO2. The summed E-state index contributed by atoms with van der Waals surface area (Å²) in [6.45, 7) is 1.49. The first kappa shape index (κ1) is 10.0. The molecule has 1 amide bonds. The molecule has 0 aliphatic carbocycles. The van der Waals surface area contributed by atoms with Crippen molar-refractivity contribution in [2.24, 2.45) is 5.73 Å². The number of Topliss-reactive ketones (excluding diaryl/α,β-unsaturated/α-hetero) is 1. The Hall–Kier alpha value is -2.08. The molecule has 1 aromatic rings. The van der Waals surface area contributed by atoms with Crippen LogP contribution in [-0.2, 0) is 4.79 Å². The normalized spacial score (nSPS) is 8.64. The fraction of sp³-hybridized carbons (Fsp3) is 0.0909. The van der Waals surface area contributed by atoms with Crippen LogP contribution < -0.4 is 5.73 Å². The maximum atomic E-state index is 10.9. The van der Waals surface area contributed by atoms with E-state index in [0.29, 0.717) is 11.1 Å². The number of nitrogens with two attached hydrogens (primary N) is 1. The van der Waals surface area contributed by atoms with Gasteiger partial charge in [-0.25, -0.2) is 0 Å². The first-order chi connectivity index (χ1) is 6.59. The van der Waals surface area contributed by atoms with E-state index >= 15 is 0 Å². The molecule has 1 aromatic carbocycles. The first-order valence-electron chi connectivity index (χ1n) is 4.02. The van der Waals surface area contributed by atoms with Gasteiger partial charge in [0, 0.05) is 11.1 Å². The van der Waals surface area contributed by atoms with Crippen molar-refractivity contribution in [2.75, 3.05) is 0 Å². The second-order valence-electron chi connectivity index (χ2n) is 2.75. The van der Waals surface area contributed by atoms with Gasteiger partial charge >= 0.3 is 0 Å². The lowest BCUT2D eigenvalue weighted by Gasteiger charge is -1.94. The van der Waals surface area contributed by atoms with Crippen LogP contribution in [0.25, 0.3) is 0 Å². The lowest BCUT2D eigenvalue weighted by molar-refractivity contribution is -0.112. The van der Waals surface area contributed by atoms with E-state index in [-0.39, 0.29) is 5.78 Å². The first-order valence-corrected chi connectivity index (χ1v) is 4.02. The Morgan fingerprint density at radius 1 is 1.21 bits per heavy atom. The molecule has 3 heteroatoms. The number of primary amides is 1. The lowest BCUT2D eigenvalue weighted by atomic mass is 10.1. The third-order valence-electron chi connectivity index (χ3n) is 1.62. The summed E-state index contributed by atoms with van der Waals surface area (Å²) in [6.07, 6.45) is 0. The smallest absolute Gasteiger partial charge is 0.293 e. The van der Waals surface area contributed by atoms with Crippen molar-refractivity contribution in [3.05, 3.63) is 35.4 Å². The molecule has 0 saturated heterocycles. The summed E-state index contributed by atoms with van der Waals surface area (Å²) in [7, 11) is 0. The van der Waals surface area contributed by atoms with Crippen LogP contribution in [0, 0.1) is 11.8 Å². The van der Waals surface area contributed by atoms with E-state index < -0.39 is 5.91 Å². The second-order valence-corrected chi connectivity index (χ2v) is 2.75. The van der Waals surface area contributed by atoms with E-state index in [0.717, 1.165) is 0 Å². The Balaban J connectivity index is 2.91. The SMILES string of the molecule is CC(=O)c1ccc(C#CC(N)=O)cc1. The van der Waals surface area contributed by atoms with Gasteiger partial charge in [-0.15, -0.1) is 0 Å². The number of benzene rings is 1. The summed E-state index contributed by atoms with van der Waals surface area (Å²) in [4.78, 5) is 21.3. The van der Waals surface area contributed by atoms with Crippen LogP contribution in [0.5, 0.6) is 0 Å². The van der Waals surface area contributed by atoms with Crippen molar-refractivity contribution >= 4 is 11.7 Å². The zero-order chi connectivity index (χ0) is 10.6. The molecule has 0 atom stereocenters. The molecular weight excluding hydrogens is 178 g/mol. The van der Waals surface area contributed by atoms with Gasteiger partial charge in [-0.3, -0.25) is 9.59 Å². The van der Waals surface area contributed by atoms with Crippen molar-refractivity contribution < 1.29 is 9.59 Å². The molecule has 0 aliphatic heterocycles. The van der Waals surface area contributed by atoms with E-state index in [1.165, 1.54) is 6.92 Å². The predicted molar refractivity (Wildman–Crippen MR) is 52.5 cm³/mol. The minimum absolute atomic E-state index is 0.000546. The minimum atomic E-state index is -0.666.